The SMILES string of the molecule is OB(O)c1cnn2ccc(Br)cc12. The van der Waals surface area contributed by atoms with Gasteiger partial charge in [0.25, 0.3) is 0 Å². The maximum Gasteiger partial charge on any atom is 0.492 e. The predicted molar refractivity (Wildman–Crippen MR) is 52.7 cm³/mol. The number of pyridine rings is 1. The summed E-state index contributed by atoms with van der Waals surface area (Å²) in [6.45, 7) is 0. The van der Waals surface area contributed by atoms with E-state index in [0.717, 1.165) is 4.47 Å². The zero-order valence-corrected chi connectivity index (χ0v) is 8.14. The van der Waals surface area contributed by atoms with Crippen molar-refractivity contribution >= 4 is 34.0 Å². The lowest BCUT2D eigenvalue weighted by atomic mass is 9.81. The second-order valence-electron chi connectivity index (χ2n) is 2.65. The molecule has 2 N–H and O–H groups in total. The lowest BCUT2D eigenvalue weighted by molar-refractivity contribution is 0.426. The molecule has 0 unspecified atom stereocenters. The van der Waals surface area contributed by atoms with Crippen LogP contribution >= 0.6 is 15.9 Å². The Morgan fingerprint density at radius 1 is 1.46 bits per heavy atom. The van der Waals surface area contributed by atoms with Gasteiger partial charge >= 0.3 is 7.12 Å². The fraction of sp³-hybridized carbons (Fsp3) is 0. The summed E-state index contributed by atoms with van der Waals surface area (Å²) >= 11 is 3.30. The van der Waals surface area contributed by atoms with Gasteiger partial charge in [0, 0.05) is 22.3 Å². The molecule has 2 aromatic heterocycles. The Morgan fingerprint density at radius 2 is 2.23 bits per heavy atom. The minimum atomic E-state index is -1.48. The zero-order chi connectivity index (χ0) is 9.42. The van der Waals surface area contributed by atoms with Gasteiger partial charge in [-0.25, -0.2) is 4.52 Å². The normalized spacial score (nSPS) is 10.7. The first-order valence-corrected chi connectivity index (χ1v) is 4.47. The lowest BCUT2D eigenvalue weighted by Gasteiger charge is -1.97. The first-order chi connectivity index (χ1) is 6.18. The van der Waals surface area contributed by atoms with Crippen LogP contribution in [-0.4, -0.2) is 26.8 Å². The largest absolute Gasteiger partial charge is 0.492 e. The highest BCUT2D eigenvalue weighted by Gasteiger charge is 2.16. The summed E-state index contributed by atoms with van der Waals surface area (Å²) in [5, 5.41) is 21.9. The summed E-state index contributed by atoms with van der Waals surface area (Å²) < 4.78 is 2.46. The quantitative estimate of drug-likeness (QED) is 0.678. The van der Waals surface area contributed by atoms with Gasteiger partial charge in [0.15, 0.2) is 0 Å². The Bertz CT molecular complexity index is 443. The van der Waals surface area contributed by atoms with E-state index >= 15 is 0 Å². The van der Waals surface area contributed by atoms with E-state index in [4.69, 9.17) is 10.0 Å². The Labute approximate surface area is 83.1 Å². The fourth-order valence-electron chi connectivity index (χ4n) is 1.17. The zero-order valence-electron chi connectivity index (χ0n) is 6.55. The van der Waals surface area contributed by atoms with Crippen LogP contribution in [0.2, 0.25) is 0 Å². The maximum absolute atomic E-state index is 8.99. The van der Waals surface area contributed by atoms with E-state index in [-0.39, 0.29) is 0 Å². The number of hydrogen-bond donors (Lipinski definition) is 2. The third-order valence-electron chi connectivity index (χ3n) is 1.79. The van der Waals surface area contributed by atoms with E-state index in [1.54, 1.807) is 16.8 Å². The van der Waals surface area contributed by atoms with Gasteiger partial charge in [0.1, 0.15) is 0 Å². The van der Waals surface area contributed by atoms with E-state index in [1.165, 1.54) is 6.20 Å². The monoisotopic (exact) mass is 240 g/mol. The molecule has 6 heteroatoms. The van der Waals surface area contributed by atoms with Crippen molar-refractivity contribution in [3.63, 3.8) is 0 Å². The minimum absolute atomic E-state index is 0.404. The third kappa shape index (κ3) is 1.48. The fourth-order valence-corrected chi connectivity index (χ4v) is 1.51. The van der Waals surface area contributed by atoms with E-state index in [1.807, 2.05) is 6.07 Å². The number of nitrogens with zero attached hydrogens (tertiary/aromatic N) is 2. The first kappa shape index (κ1) is 8.74. The van der Waals surface area contributed by atoms with Gasteiger partial charge < -0.3 is 10.0 Å². The molecule has 66 valence electrons. The molecule has 0 aromatic carbocycles. The molecule has 0 fully saturated rings. The molecule has 0 amide bonds. The van der Waals surface area contributed by atoms with Crippen molar-refractivity contribution in [2.45, 2.75) is 0 Å². The van der Waals surface area contributed by atoms with Gasteiger partial charge in [-0.3, -0.25) is 0 Å². The highest BCUT2D eigenvalue weighted by molar-refractivity contribution is 9.10. The van der Waals surface area contributed by atoms with E-state index in [0.29, 0.717) is 11.0 Å². The predicted octanol–water partition coefficient (Wildman–Crippen LogP) is -0.223. The van der Waals surface area contributed by atoms with Crippen molar-refractivity contribution in [1.29, 1.82) is 0 Å². The summed E-state index contributed by atoms with van der Waals surface area (Å²) in [6, 6.07) is 3.61. The molecule has 2 aromatic rings. The second-order valence-corrected chi connectivity index (χ2v) is 3.56. The Hall–Kier alpha value is -0.845. The van der Waals surface area contributed by atoms with Crippen LogP contribution in [0, 0.1) is 0 Å². The summed E-state index contributed by atoms with van der Waals surface area (Å²) in [6.07, 6.45) is 3.18. The second kappa shape index (κ2) is 3.14. The molecule has 0 spiro atoms. The van der Waals surface area contributed by atoms with Gasteiger partial charge in [0.2, 0.25) is 0 Å². The van der Waals surface area contributed by atoms with Crippen LogP contribution in [0.4, 0.5) is 0 Å². The van der Waals surface area contributed by atoms with E-state index < -0.39 is 7.12 Å². The van der Waals surface area contributed by atoms with E-state index in [9.17, 15) is 0 Å². The van der Waals surface area contributed by atoms with Crippen LogP contribution in [0.1, 0.15) is 0 Å². The topological polar surface area (TPSA) is 57.8 Å². The summed E-state index contributed by atoms with van der Waals surface area (Å²) in [5.41, 5.74) is 1.09. The molecule has 2 heterocycles. The number of halogens is 1. The van der Waals surface area contributed by atoms with E-state index in [2.05, 4.69) is 21.0 Å². The van der Waals surface area contributed by atoms with Crippen molar-refractivity contribution in [3.05, 3.63) is 29.0 Å². The van der Waals surface area contributed by atoms with Crippen molar-refractivity contribution < 1.29 is 10.0 Å². The van der Waals surface area contributed by atoms with Crippen LogP contribution < -0.4 is 5.46 Å². The molecule has 0 aliphatic carbocycles. The van der Waals surface area contributed by atoms with Crippen LogP contribution in [0.25, 0.3) is 5.52 Å². The van der Waals surface area contributed by atoms with Crippen LogP contribution in [0.15, 0.2) is 29.0 Å². The Balaban J connectivity index is 2.71. The standard InChI is InChI=1S/C7H6BBrN2O2/c9-5-1-2-11-7(3-5)6(4-10-11)8(12)13/h1-4,12-13H. The average Bonchev–Trinajstić information content (AvgIpc) is 2.46. The van der Waals surface area contributed by atoms with Gasteiger partial charge in [0.05, 0.1) is 5.52 Å². The van der Waals surface area contributed by atoms with Crippen LogP contribution in [-0.2, 0) is 0 Å². The highest BCUT2D eigenvalue weighted by Crippen LogP contribution is 2.11. The molecule has 0 saturated heterocycles. The number of fused-ring (bicyclic) bond motifs is 1. The van der Waals surface area contributed by atoms with Crippen molar-refractivity contribution in [2.24, 2.45) is 0 Å². The summed E-state index contributed by atoms with van der Waals surface area (Å²) in [4.78, 5) is 0. The molecule has 4 nitrogen and oxygen atoms in total. The molecular formula is C7H6BBrN2O2. The molecule has 0 saturated carbocycles. The molecule has 0 aliphatic rings. The van der Waals surface area contributed by atoms with Gasteiger partial charge in [-0.15, -0.1) is 0 Å². The van der Waals surface area contributed by atoms with Gasteiger partial charge in [-0.2, -0.15) is 5.10 Å². The molecule has 0 aliphatic heterocycles. The summed E-state index contributed by atoms with van der Waals surface area (Å²) in [7, 11) is -1.48. The summed E-state index contributed by atoms with van der Waals surface area (Å²) in [5.74, 6) is 0. The molecular weight excluding hydrogens is 235 g/mol. The Kier molecular flexibility index (Phi) is 2.11. The first-order valence-electron chi connectivity index (χ1n) is 3.67. The van der Waals surface area contributed by atoms with Crippen molar-refractivity contribution in [2.75, 3.05) is 0 Å². The smallest absolute Gasteiger partial charge is 0.423 e. The van der Waals surface area contributed by atoms with Gasteiger partial charge in [-0.1, -0.05) is 15.9 Å². The maximum atomic E-state index is 8.99. The molecule has 0 atom stereocenters. The van der Waals surface area contributed by atoms with Crippen LogP contribution in [0.3, 0.4) is 0 Å². The van der Waals surface area contributed by atoms with Crippen molar-refractivity contribution in [1.82, 2.24) is 9.61 Å². The molecule has 0 radical (unpaired) electrons. The average molecular weight is 241 g/mol. The minimum Gasteiger partial charge on any atom is -0.423 e. The van der Waals surface area contributed by atoms with Crippen molar-refractivity contribution in [3.8, 4) is 0 Å². The van der Waals surface area contributed by atoms with Crippen LogP contribution in [0.5, 0.6) is 0 Å². The lowest BCUT2D eigenvalue weighted by Crippen LogP contribution is -2.29. The number of aromatic nitrogens is 2. The highest BCUT2D eigenvalue weighted by atomic mass is 79.9. The molecule has 13 heavy (non-hydrogen) atoms. The number of hydrogen-bond acceptors (Lipinski definition) is 3. The molecule has 2 rings (SSSR count). The number of rotatable bonds is 1. The van der Waals surface area contributed by atoms with Gasteiger partial charge in [-0.05, 0) is 12.1 Å². The third-order valence-corrected chi connectivity index (χ3v) is 2.28. The molecule has 0 bridgehead atoms. The Morgan fingerprint density at radius 3 is 2.92 bits per heavy atom.